The van der Waals surface area contributed by atoms with Crippen LogP contribution < -0.4 is 5.32 Å². The van der Waals surface area contributed by atoms with E-state index in [4.69, 9.17) is 14.2 Å². The monoisotopic (exact) mass is 415 g/mol. The Morgan fingerprint density at radius 3 is 2.83 bits per heavy atom. The second-order valence-electron chi connectivity index (χ2n) is 8.35. The number of dihydropyridines is 1. The number of H-pyrrole nitrogens is 1. The maximum atomic E-state index is 12.9. The van der Waals surface area contributed by atoms with E-state index in [0.717, 1.165) is 24.2 Å². The van der Waals surface area contributed by atoms with Gasteiger partial charge in [-0.15, -0.1) is 0 Å². The molecular weight excluding hydrogens is 390 g/mol. The van der Waals surface area contributed by atoms with Gasteiger partial charge in [0.1, 0.15) is 12.4 Å². The number of ether oxygens (including phenoxy) is 3. The van der Waals surface area contributed by atoms with E-state index in [2.05, 4.69) is 15.3 Å². The molecule has 3 aliphatic rings. The summed E-state index contributed by atoms with van der Waals surface area (Å²) >= 11 is 0. The Morgan fingerprint density at radius 2 is 2.07 bits per heavy atom. The Morgan fingerprint density at radius 1 is 1.28 bits per heavy atom. The summed E-state index contributed by atoms with van der Waals surface area (Å²) in [6.45, 7) is 3.84. The Hall–Kier alpha value is -2.16. The van der Waals surface area contributed by atoms with Crippen molar-refractivity contribution >= 4 is 21.8 Å². The van der Waals surface area contributed by atoms with Gasteiger partial charge in [0.25, 0.3) is 0 Å². The highest BCUT2D eigenvalue weighted by Gasteiger charge is 2.47. The predicted molar refractivity (Wildman–Crippen MR) is 109 cm³/mol. The first-order valence-electron chi connectivity index (χ1n) is 9.89. The molecule has 2 N–H and O–H groups in total. The molecule has 2 aliphatic heterocycles. The van der Waals surface area contributed by atoms with Crippen molar-refractivity contribution in [3.63, 3.8) is 0 Å². The van der Waals surface area contributed by atoms with Gasteiger partial charge in [0.15, 0.2) is 11.4 Å². The van der Waals surface area contributed by atoms with Gasteiger partial charge in [-0.2, -0.15) is 0 Å². The molecule has 8 heteroatoms. The van der Waals surface area contributed by atoms with Crippen LogP contribution in [0.15, 0.2) is 53.5 Å². The fourth-order valence-corrected chi connectivity index (χ4v) is 4.90. The molecule has 1 aliphatic carbocycles. The highest BCUT2D eigenvalue weighted by molar-refractivity contribution is 7.84. The van der Waals surface area contributed by atoms with Crippen LogP contribution in [-0.2, 0) is 25.0 Å². The van der Waals surface area contributed by atoms with Crippen LogP contribution >= 0.6 is 0 Å². The third kappa shape index (κ3) is 4.10. The summed E-state index contributed by atoms with van der Waals surface area (Å²) in [5, 5.41) is 3.77. The summed E-state index contributed by atoms with van der Waals surface area (Å²) in [4.78, 5) is 7.61. The van der Waals surface area contributed by atoms with Gasteiger partial charge < -0.3 is 24.5 Å². The molecular formula is C21H25N3O4S. The number of fused-ring (bicyclic) bond motifs is 1. The molecule has 1 aromatic carbocycles. The Balaban J connectivity index is 1.20. The van der Waals surface area contributed by atoms with Crippen molar-refractivity contribution in [2.75, 3.05) is 25.6 Å². The number of aromatic nitrogens is 2. The summed E-state index contributed by atoms with van der Waals surface area (Å²) < 4.78 is 30.4. The van der Waals surface area contributed by atoms with Crippen molar-refractivity contribution in [2.24, 2.45) is 5.41 Å². The van der Waals surface area contributed by atoms with E-state index < -0.39 is 16.3 Å². The quantitative estimate of drug-likeness (QED) is 0.754. The minimum Gasteiger partial charge on any atom is -0.488 e. The zero-order valence-corrected chi connectivity index (χ0v) is 17.2. The summed E-state index contributed by atoms with van der Waals surface area (Å²) in [6.07, 6.45) is 7.70. The van der Waals surface area contributed by atoms with E-state index in [9.17, 15) is 4.21 Å². The second kappa shape index (κ2) is 7.27. The van der Waals surface area contributed by atoms with Gasteiger partial charge >= 0.3 is 0 Å². The summed E-state index contributed by atoms with van der Waals surface area (Å²) in [7, 11) is -1.29. The lowest BCUT2D eigenvalue weighted by molar-refractivity contribution is -0.222. The SMILES string of the molecule is CC1(CS(=O)c2nc3ccccc3[nH]2)C=C(OCC2OCC3(CC3)CO2)C=CN1. The first kappa shape index (κ1) is 18.8. The van der Waals surface area contributed by atoms with E-state index in [0.29, 0.717) is 23.3 Å². The second-order valence-corrected chi connectivity index (χ2v) is 9.72. The summed E-state index contributed by atoms with van der Waals surface area (Å²) in [5.74, 6) is 1.08. The summed E-state index contributed by atoms with van der Waals surface area (Å²) in [5.41, 5.74) is 1.47. The number of imidazole rings is 1. The average Bonchev–Trinajstić information content (AvgIpc) is 3.32. The van der Waals surface area contributed by atoms with Crippen molar-refractivity contribution in [2.45, 2.75) is 36.8 Å². The van der Waals surface area contributed by atoms with Crippen molar-refractivity contribution in [1.29, 1.82) is 0 Å². The fraction of sp³-hybridized carbons (Fsp3) is 0.476. The zero-order valence-electron chi connectivity index (χ0n) is 16.3. The van der Waals surface area contributed by atoms with E-state index in [1.54, 1.807) is 0 Å². The van der Waals surface area contributed by atoms with Crippen LogP contribution in [0.25, 0.3) is 11.0 Å². The van der Waals surface area contributed by atoms with Crippen LogP contribution in [0, 0.1) is 5.41 Å². The average molecular weight is 416 g/mol. The molecule has 1 saturated heterocycles. The lowest BCUT2D eigenvalue weighted by Crippen LogP contribution is -2.44. The minimum atomic E-state index is -1.29. The smallest absolute Gasteiger partial charge is 0.197 e. The van der Waals surface area contributed by atoms with Crippen LogP contribution in [0.4, 0.5) is 0 Å². The Bertz CT molecular complexity index is 954. The van der Waals surface area contributed by atoms with Gasteiger partial charge in [-0.05, 0) is 44.1 Å². The van der Waals surface area contributed by atoms with Crippen molar-refractivity contribution < 1.29 is 18.4 Å². The molecule has 2 fully saturated rings. The van der Waals surface area contributed by atoms with Gasteiger partial charge in [0.05, 0.1) is 46.3 Å². The molecule has 1 spiro atoms. The highest BCUT2D eigenvalue weighted by Crippen LogP contribution is 2.48. The third-order valence-electron chi connectivity index (χ3n) is 5.63. The normalized spacial score (nSPS) is 26.9. The maximum absolute atomic E-state index is 12.9. The highest BCUT2D eigenvalue weighted by atomic mass is 32.2. The minimum absolute atomic E-state index is 0.281. The number of hydrogen-bond donors (Lipinski definition) is 2. The van der Waals surface area contributed by atoms with Crippen LogP contribution in [0.1, 0.15) is 19.8 Å². The van der Waals surface area contributed by atoms with Gasteiger partial charge in [-0.3, -0.25) is 4.21 Å². The zero-order chi connectivity index (χ0) is 19.9. The first-order chi connectivity index (χ1) is 14.0. The molecule has 5 rings (SSSR count). The van der Waals surface area contributed by atoms with Crippen molar-refractivity contribution in [3.8, 4) is 0 Å². The largest absolute Gasteiger partial charge is 0.488 e. The molecule has 0 amide bonds. The topological polar surface area (TPSA) is 85.5 Å². The van der Waals surface area contributed by atoms with Crippen molar-refractivity contribution in [1.82, 2.24) is 15.3 Å². The maximum Gasteiger partial charge on any atom is 0.197 e. The molecule has 0 bridgehead atoms. The van der Waals surface area contributed by atoms with Crippen LogP contribution in [0.2, 0.25) is 0 Å². The number of nitrogens with zero attached hydrogens (tertiary/aromatic N) is 1. The molecule has 154 valence electrons. The molecule has 0 radical (unpaired) electrons. The lowest BCUT2D eigenvalue weighted by atomic mass is 10.0. The van der Waals surface area contributed by atoms with Crippen molar-refractivity contribution in [3.05, 3.63) is 48.4 Å². The molecule has 1 saturated carbocycles. The van der Waals surface area contributed by atoms with E-state index in [-0.39, 0.29) is 11.7 Å². The number of rotatable bonds is 6. The predicted octanol–water partition coefficient (Wildman–Crippen LogP) is 2.60. The molecule has 29 heavy (non-hydrogen) atoms. The molecule has 2 aromatic rings. The standard InChI is InChI=1S/C21H25N3O4S/c1-20(14-29(25)19-23-16-4-2-3-5-17(16)24-19)10-15(6-9-22-20)26-11-18-27-12-21(7-8-21)13-28-18/h2-6,9-10,18,22H,7-8,11-14H2,1H3,(H,23,24). The third-order valence-corrected chi connectivity index (χ3v) is 7.12. The van der Waals surface area contributed by atoms with Crippen LogP contribution in [0.3, 0.4) is 0 Å². The van der Waals surface area contributed by atoms with Crippen LogP contribution in [0.5, 0.6) is 0 Å². The molecule has 1 aromatic heterocycles. The number of aromatic amines is 1. The van der Waals surface area contributed by atoms with E-state index in [1.807, 2.05) is 49.5 Å². The van der Waals surface area contributed by atoms with E-state index >= 15 is 0 Å². The number of para-hydroxylation sites is 2. The molecule has 2 unspecified atom stereocenters. The van der Waals surface area contributed by atoms with Gasteiger partial charge in [-0.1, -0.05) is 12.1 Å². The van der Waals surface area contributed by atoms with Crippen LogP contribution in [-0.4, -0.2) is 51.6 Å². The van der Waals surface area contributed by atoms with Gasteiger partial charge in [0, 0.05) is 11.6 Å². The lowest BCUT2D eigenvalue weighted by Gasteiger charge is -2.31. The number of nitrogens with one attached hydrogen (secondary N) is 2. The Labute approximate surface area is 172 Å². The Kier molecular flexibility index (Phi) is 4.72. The number of benzene rings is 1. The van der Waals surface area contributed by atoms with Gasteiger partial charge in [-0.25, -0.2) is 4.98 Å². The first-order valence-corrected chi connectivity index (χ1v) is 11.2. The van der Waals surface area contributed by atoms with E-state index in [1.165, 1.54) is 12.8 Å². The number of allylic oxidation sites excluding steroid dienone is 1. The fourth-order valence-electron chi connectivity index (χ4n) is 3.62. The summed E-state index contributed by atoms with van der Waals surface area (Å²) in [6, 6.07) is 7.68. The number of hydrogen-bond acceptors (Lipinski definition) is 6. The molecule has 2 atom stereocenters. The molecule has 3 heterocycles. The molecule has 7 nitrogen and oxygen atoms in total. The van der Waals surface area contributed by atoms with Gasteiger partial charge in [0.2, 0.25) is 0 Å².